The number of esters is 1. The minimum Gasteiger partial charge on any atom is -0.501 e. The lowest BCUT2D eigenvalue weighted by Crippen LogP contribution is -2.17. The summed E-state index contributed by atoms with van der Waals surface area (Å²) in [6.07, 6.45) is 1.51. The van der Waals surface area contributed by atoms with Gasteiger partial charge in [0.2, 0.25) is 0 Å². The number of cyclic esters (lactones) is 1. The topological polar surface area (TPSA) is 35.5 Å². The number of halogens is 1. The molecule has 0 spiro atoms. The summed E-state index contributed by atoms with van der Waals surface area (Å²) in [6, 6.07) is 7.32. The first kappa shape index (κ1) is 11.0. The summed E-state index contributed by atoms with van der Waals surface area (Å²) in [7, 11) is 1.54. The molecule has 0 bridgehead atoms. The Morgan fingerprint density at radius 1 is 1.44 bits per heavy atom. The fourth-order valence-corrected chi connectivity index (χ4v) is 1.90. The van der Waals surface area contributed by atoms with E-state index in [9.17, 15) is 4.79 Å². The van der Waals surface area contributed by atoms with Gasteiger partial charge < -0.3 is 9.47 Å². The van der Waals surface area contributed by atoms with Crippen LogP contribution in [0.25, 0.3) is 0 Å². The van der Waals surface area contributed by atoms with E-state index in [2.05, 4.69) is 0 Å². The van der Waals surface area contributed by atoms with Crippen molar-refractivity contribution in [3.05, 3.63) is 46.7 Å². The van der Waals surface area contributed by atoms with Crippen molar-refractivity contribution in [1.82, 2.24) is 0 Å². The van der Waals surface area contributed by atoms with E-state index in [1.165, 1.54) is 13.2 Å². The van der Waals surface area contributed by atoms with Gasteiger partial charge in [0.05, 0.1) is 13.2 Å². The second-order valence-corrected chi connectivity index (χ2v) is 3.87. The van der Waals surface area contributed by atoms with Gasteiger partial charge in [-0.05, 0) is 6.07 Å². The monoisotopic (exact) mass is 238 g/mol. The molecule has 84 valence electrons. The van der Waals surface area contributed by atoms with Gasteiger partial charge in [0.15, 0.2) is 0 Å². The maximum absolute atomic E-state index is 11.3. The van der Waals surface area contributed by atoms with E-state index in [-0.39, 0.29) is 6.10 Å². The fraction of sp³-hybridized carbons (Fsp3) is 0.250. The van der Waals surface area contributed by atoms with Gasteiger partial charge >= 0.3 is 5.97 Å². The summed E-state index contributed by atoms with van der Waals surface area (Å²) in [5, 5.41) is 0.595. The molecule has 0 aromatic heterocycles. The molecule has 0 amide bonds. The third-order valence-corrected chi connectivity index (χ3v) is 2.78. The van der Waals surface area contributed by atoms with Crippen molar-refractivity contribution in [2.24, 2.45) is 0 Å². The average molecular weight is 239 g/mol. The van der Waals surface area contributed by atoms with Crippen LogP contribution in [0.2, 0.25) is 5.02 Å². The van der Waals surface area contributed by atoms with Crippen LogP contribution in [0.4, 0.5) is 0 Å². The van der Waals surface area contributed by atoms with Crippen molar-refractivity contribution in [3.8, 4) is 0 Å². The minimum atomic E-state index is -0.395. The molecule has 1 aromatic carbocycles. The molecular weight excluding hydrogens is 228 g/mol. The predicted octanol–water partition coefficient (Wildman–Crippen LogP) is 2.86. The number of carbonyl (C=O) groups excluding carboxylic acids is 1. The molecule has 1 unspecified atom stereocenters. The van der Waals surface area contributed by atoms with Crippen molar-refractivity contribution in [2.45, 2.75) is 12.5 Å². The quantitative estimate of drug-likeness (QED) is 0.744. The van der Waals surface area contributed by atoms with E-state index in [1.54, 1.807) is 6.07 Å². The van der Waals surface area contributed by atoms with E-state index in [0.29, 0.717) is 17.2 Å². The molecule has 0 saturated heterocycles. The molecule has 0 fully saturated rings. The standard InChI is InChI=1S/C12H11ClO3/c1-15-8-6-11(16-12(14)7-8)9-4-2-3-5-10(9)13/h2-5,7,11H,6H2,1H3. The molecule has 1 aromatic rings. The van der Waals surface area contributed by atoms with Crippen LogP contribution in [0.5, 0.6) is 0 Å². The SMILES string of the molecule is COC1=CC(=O)OC(c2ccccc2Cl)C1. The van der Waals surface area contributed by atoms with Gasteiger partial charge in [-0.3, -0.25) is 0 Å². The lowest BCUT2D eigenvalue weighted by molar-refractivity contribution is -0.145. The summed E-state index contributed by atoms with van der Waals surface area (Å²) >= 11 is 6.04. The van der Waals surface area contributed by atoms with Gasteiger partial charge in [0.25, 0.3) is 0 Å². The van der Waals surface area contributed by atoms with Crippen molar-refractivity contribution in [3.63, 3.8) is 0 Å². The Labute approximate surface area is 98.6 Å². The van der Waals surface area contributed by atoms with Gasteiger partial charge in [-0.25, -0.2) is 4.79 Å². The van der Waals surface area contributed by atoms with Crippen molar-refractivity contribution >= 4 is 17.6 Å². The van der Waals surface area contributed by atoms with Gasteiger partial charge in [-0.1, -0.05) is 29.8 Å². The second-order valence-electron chi connectivity index (χ2n) is 3.47. The lowest BCUT2D eigenvalue weighted by Gasteiger charge is -2.23. The summed E-state index contributed by atoms with van der Waals surface area (Å²) < 4.78 is 10.3. The molecule has 0 radical (unpaired) electrons. The highest BCUT2D eigenvalue weighted by molar-refractivity contribution is 6.31. The summed E-state index contributed by atoms with van der Waals surface area (Å²) in [6.45, 7) is 0. The largest absolute Gasteiger partial charge is 0.501 e. The fourth-order valence-electron chi connectivity index (χ4n) is 1.64. The number of ether oxygens (including phenoxy) is 2. The average Bonchev–Trinajstić information content (AvgIpc) is 2.28. The van der Waals surface area contributed by atoms with E-state index >= 15 is 0 Å². The van der Waals surface area contributed by atoms with E-state index in [1.807, 2.05) is 18.2 Å². The van der Waals surface area contributed by atoms with Crippen LogP contribution in [-0.4, -0.2) is 13.1 Å². The van der Waals surface area contributed by atoms with Crippen LogP contribution < -0.4 is 0 Å². The van der Waals surface area contributed by atoms with Crippen molar-refractivity contribution < 1.29 is 14.3 Å². The Hall–Kier alpha value is -1.48. The molecule has 1 heterocycles. The number of methoxy groups -OCH3 is 1. The zero-order valence-corrected chi connectivity index (χ0v) is 9.53. The van der Waals surface area contributed by atoms with Crippen LogP contribution >= 0.6 is 11.6 Å². The molecule has 1 aliphatic heterocycles. The Balaban J connectivity index is 2.27. The molecule has 16 heavy (non-hydrogen) atoms. The smallest absolute Gasteiger partial charge is 0.334 e. The van der Waals surface area contributed by atoms with Crippen molar-refractivity contribution in [1.29, 1.82) is 0 Å². The minimum absolute atomic E-state index is 0.360. The molecule has 4 heteroatoms. The first-order valence-corrected chi connectivity index (χ1v) is 5.28. The third kappa shape index (κ3) is 2.19. The Morgan fingerprint density at radius 2 is 2.19 bits per heavy atom. The molecule has 0 N–H and O–H groups in total. The van der Waals surface area contributed by atoms with Crippen molar-refractivity contribution in [2.75, 3.05) is 7.11 Å². The zero-order valence-electron chi connectivity index (χ0n) is 8.77. The normalized spacial score (nSPS) is 20.0. The zero-order chi connectivity index (χ0) is 11.5. The molecule has 3 nitrogen and oxygen atoms in total. The number of hydrogen-bond acceptors (Lipinski definition) is 3. The van der Waals surface area contributed by atoms with Crippen LogP contribution in [0.3, 0.4) is 0 Å². The van der Waals surface area contributed by atoms with E-state index < -0.39 is 5.97 Å². The number of benzene rings is 1. The van der Waals surface area contributed by atoms with Gasteiger partial charge in [0, 0.05) is 17.0 Å². The first-order valence-electron chi connectivity index (χ1n) is 4.90. The third-order valence-electron chi connectivity index (χ3n) is 2.44. The highest BCUT2D eigenvalue weighted by atomic mass is 35.5. The lowest BCUT2D eigenvalue weighted by atomic mass is 10.0. The summed E-state index contributed by atoms with van der Waals surface area (Å²) in [5.74, 6) is 0.217. The van der Waals surface area contributed by atoms with Gasteiger partial charge in [0.1, 0.15) is 11.9 Å². The maximum Gasteiger partial charge on any atom is 0.334 e. The van der Waals surface area contributed by atoms with Gasteiger partial charge in [-0.2, -0.15) is 0 Å². The Morgan fingerprint density at radius 3 is 2.88 bits per heavy atom. The van der Waals surface area contributed by atoms with E-state index in [0.717, 1.165) is 5.56 Å². The summed E-state index contributed by atoms with van der Waals surface area (Å²) in [5.41, 5.74) is 0.806. The van der Waals surface area contributed by atoms with E-state index in [4.69, 9.17) is 21.1 Å². The summed E-state index contributed by atoms with van der Waals surface area (Å²) in [4.78, 5) is 11.3. The molecule has 2 rings (SSSR count). The molecule has 1 atom stereocenters. The highest BCUT2D eigenvalue weighted by Gasteiger charge is 2.25. The van der Waals surface area contributed by atoms with Gasteiger partial charge in [-0.15, -0.1) is 0 Å². The van der Waals surface area contributed by atoms with Crippen LogP contribution in [0, 0.1) is 0 Å². The number of rotatable bonds is 2. The second kappa shape index (κ2) is 4.58. The number of carbonyl (C=O) groups is 1. The maximum atomic E-state index is 11.3. The highest BCUT2D eigenvalue weighted by Crippen LogP contribution is 2.33. The molecule has 0 aliphatic carbocycles. The molecule has 0 saturated carbocycles. The van der Waals surface area contributed by atoms with Crippen LogP contribution in [0.1, 0.15) is 18.1 Å². The predicted molar refractivity (Wildman–Crippen MR) is 60.0 cm³/mol. The molecule has 1 aliphatic rings. The first-order chi connectivity index (χ1) is 7.70. The molecular formula is C12H11ClO3. The number of hydrogen-bond donors (Lipinski definition) is 0. The Kier molecular flexibility index (Phi) is 3.15. The Bertz CT molecular complexity index is 440. The van der Waals surface area contributed by atoms with Crippen LogP contribution in [-0.2, 0) is 14.3 Å². The van der Waals surface area contributed by atoms with Crippen LogP contribution in [0.15, 0.2) is 36.1 Å².